The number of nitrogens with one attached hydrogen (secondary N) is 2. The predicted molar refractivity (Wildman–Crippen MR) is 94.8 cm³/mol. The number of carbonyl (C=O) groups is 2. The number of para-hydroxylation sites is 1. The van der Waals surface area contributed by atoms with Crippen molar-refractivity contribution in [2.24, 2.45) is 5.92 Å². The number of fused-ring (bicyclic) bond motifs is 1. The first kappa shape index (κ1) is 16.5. The number of anilines is 1. The molecule has 1 atom stereocenters. The molecule has 2 aromatic carbocycles. The Bertz CT molecular complexity index is 743. The second kappa shape index (κ2) is 7.49. The second-order valence-corrected chi connectivity index (χ2v) is 6.43. The summed E-state index contributed by atoms with van der Waals surface area (Å²) in [6, 6.07) is 15.2. The number of rotatable bonds is 5. The molecule has 5 heteroatoms. The van der Waals surface area contributed by atoms with Gasteiger partial charge < -0.3 is 10.6 Å². The summed E-state index contributed by atoms with van der Waals surface area (Å²) in [5.41, 5.74) is 3.01. The Kier molecular flexibility index (Phi) is 5.16. The number of hydrogen-bond donors (Lipinski definition) is 2. The van der Waals surface area contributed by atoms with Gasteiger partial charge in [-0.2, -0.15) is 0 Å². The first-order valence-electron chi connectivity index (χ1n) is 8.02. The summed E-state index contributed by atoms with van der Waals surface area (Å²) in [7, 11) is 0. The zero-order valence-electron chi connectivity index (χ0n) is 13.2. The number of hydrogen-bond acceptors (Lipinski definition) is 2. The molecule has 1 unspecified atom stereocenters. The van der Waals surface area contributed by atoms with Crippen LogP contribution in [0.2, 0.25) is 5.02 Å². The smallest absolute Gasteiger partial charge is 0.227 e. The van der Waals surface area contributed by atoms with E-state index in [0.717, 1.165) is 16.8 Å². The van der Waals surface area contributed by atoms with Crippen molar-refractivity contribution in [3.63, 3.8) is 0 Å². The summed E-state index contributed by atoms with van der Waals surface area (Å²) in [4.78, 5) is 24.1. The molecule has 3 rings (SSSR count). The molecule has 4 nitrogen and oxygen atoms in total. The van der Waals surface area contributed by atoms with Crippen molar-refractivity contribution < 1.29 is 9.59 Å². The van der Waals surface area contributed by atoms with Gasteiger partial charge in [0, 0.05) is 29.6 Å². The van der Waals surface area contributed by atoms with E-state index in [0.29, 0.717) is 30.8 Å². The van der Waals surface area contributed by atoms with Crippen molar-refractivity contribution in [2.75, 3.05) is 5.32 Å². The molecule has 0 spiro atoms. The predicted octanol–water partition coefficient (Wildman–Crippen LogP) is 3.55. The van der Waals surface area contributed by atoms with Crippen LogP contribution in [0.4, 0.5) is 5.69 Å². The molecule has 0 bridgehead atoms. The molecular formula is C19H19ClN2O2. The zero-order chi connectivity index (χ0) is 16.9. The highest BCUT2D eigenvalue weighted by Crippen LogP contribution is 2.27. The molecule has 2 aromatic rings. The number of amides is 2. The van der Waals surface area contributed by atoms with Gasteiger partial charge in [0.2, 0.25) is 11.8 Å². The van der Waals surface area contributed by atoms with E-state index in [1.807, 2.05) is 36.4 Å². The molecule has 24 heavy (non-hydrogen) atoms. The van der Waals surface area contributed by atoms with Crippen LogP contribution in [-0.4, -0.2) is 11.8 Å². The minimum atomic E-state index is -0.152. The van der Waals surface area contributed by atoms with Crippen LogP contribution in [0.3, 0.4) is 0 Å². The minimum absolute atomic E-state index is 0.000740. The lowest BCUT2D eigenvalue weighted by molar-refractivity contribution is -0.122. The van der Waals surface area contributed by atoms with Crippen LogP contribution in [0.25, 0.3) is 0 Å². The number of halogens is 1. The molecule has 0 saturated heterocycles. The standard InChI is InChI=1S/C19H19ClN2O2/c20-16-8-5-13(6-9-16)12-21-18(23)10-7-15-11-14-3-1-2-4-17(14)22-19(15)24/h1-6,8-9,15H,7,10-12H2,(H,21,23)(H,22,24). The van der Waals surface area contributed by atoms with E-state index in [-0.39, 0.29) is 17.7 Å². The third kappa shape index (κ3) is 4.15. The summed E-state index contributed by atoms with van der Waals surface area (Å²) in [6.45, 7) is 0.468. The van der Waals surface area contributed by atoms with Crippen LogP contribution < -0.4 is 10.6 Å². The van der Waals surface area contributed by atoms with Gasteiger partial charge >= 0.3 is 0 Å². The van der Waals surface area contributed by atoms with E-state index in [1.54, 1.807) is 12.1 Å². The van der Waals surface area contributed by atoms with Gasteiger partial charge in [0.25, 0.3) is 0 Å². The van der Waals surface area contributed by atoms with Crippen molar-refractivity contribution in [2.45, 2.75) is 25.8 Å². The molecule has 0 aliphatic carbocycles. The van der Waals surface area contributed by atoms with Crippen molar-refractivity contribution in [1.29, 1.82) is 0 Å². The fraction of sp³-hybridized carbons (Fsp3) is 0.263. The highest BCUT2D eigenvalue weighted by atomic mass is 35.5. The fourth-order valence-corrected chi connectivity index (χ4v) is 2.97. The molecule has 1 aliphatic heterocycles. The summed E-state index contributed by atoms with van der Waals surface area (Å²) < 4.78 is 0. The van der Waals surface area contributed by atoms with E-state index < -0.39 is 0 Å². The van der Waals surface area contributed by atoms with Gasteiger partial charge in [-0.05, 0) is 42.2 Å². The SMILES string of the molecule is O=C(CCC1Cc2ccccc2NC1=O)NCc1ccc(Cl)cc1. The van der Waals surface area contributed by atoms with Gasteiger partial charge in [-0.1, -0.05) is 41.9 Å². The lowest BCUT2D eigenvalue weighted by atomic mass is 9.89. The Morgan fingerprint density at radius 2 is 1.92 bits per heavy atom. The molecule has 0 aromatic heterocycles. The average Bonchev–Trinajstić information content (AvgIpc) is 2.59. The third-order valence-electron chi connectivity index (χ3n) is 4.24. The van der Waals surface area contributed by atoms with Crippen LogP contribution in [-0.2, 0) is 22.6 Å². The van der Waals surface area contributed by atoms with Crippen molar-refractivity contribution >= 4 is 29.1 Å². The summed E-state index contributed by atoms with van der Waals surface area (Å²) in [5.74, 6) is -0.197. The summed E-state index contributed by atoms with van der Waals surface area (Å²) in [5, 5.41) is 6.47. The molecule has 0 fully saturated rings. The van der Waals surface area contributed by atoms with Gasteiger partial charge in [-0.3, -0.25) is 9.59 Å². The molecule has 0 radical (unpaired) electrons. The van der Waals surface area contributed by atoms with Crippen LogP contribution in [0.15, 0.2) is 48.5 Å². The minimum Gasteiger partial charge on any atom is -0.352 e. The quantitative estimate of drug-likeness (QED) is 0.873. The van der Waals surface area contributed by atoms with E-state index in [1.165, 1.54) is 0 Å². The van der Waals surface area contributed by atoms with Crippen LogP contribution in [0.5, 0.6) is 0 Å². The summed E-state index contributed by atoms with van der Waals surface area (Å²) in [6.07, 6.45) is 1.58. The first-order chi connectivity index (χ1) is 11.6. The Labute approximate surface area is 146 Å². The van der Waals surface area contributed by atoms with Crippen molar-refractivity contribution in [3.8, 4) is 0 Å². The number of carbonyl (C=O) groups excluding carboxylic acids is 2. The molecular weight excluding hydrogens is 324 g/mol. The normalized spacial score (nSPS) is 16.2. The fourth-order valence-electron chi connectivity index (χ4n) is 2.84. The van der Waals surface area contributed by atoms with Crippen molar-refractivity contribution in [3.05, 3.63) is 64.7 Å². The average molecular weight is 343 g/mol. The van der Waals surface area contributed by atoms with E-state index in [4.69, 9.17) is 11.6 Å². The topological polar surface area (TPSA) is 58.2 Å². The van der Waals surface area contributed by atoms with E-state index in [9.17, 15) is 9.59 Å². The lowest BCUT2D eigenvalue weighted by Gasteiger charge is -2.24. The van der Waals surface area contributed by atoms with Gasteiger partial charge in [0.15, 0.2) is 0 Å². The van der Waals surface area contributed by atoms with Crippen LogP contribution in [0.1, 0.15) is 24.0 Å². The molecule has 1 heterocycles. The molecule has 124 valence electrons. The third-order valence-corrected chi connectivity index (χ3v) is 4.49. The van der Waals surface area contributed by atoms with E-state index >= 15 is 0 Å². The maximum Gasteiger partial charge on any atom is 0.227 e. The maximum atomic E-state index is 12.1. The Morgan fingerprint density at radius 3 is 2.71 bits per heavy atom. The van der Waals surface area contributed by atoms with Gasteiger partial charge in [-0.25, -0.2) is 0 Å². The van der Waals surface area contributed by atoms with Gasteiger partial charge in [0.1, 0.15) is 0 Å². The highest BCUT2D eigenvalue weighted by Gasteiger charge is 2.26. The molecule has 1 aliphatic rings. The second-order valence-electron chi connectivity index (χ2n) is 5.99. The first-order valence-corrected chi connectivity index (χ1v) is 8.39. The van der Waals surface area contributed by atoms with Crippen molar-refractivity contribution in [1.82, 2.24) is 5.32 Å². The summed E-state index contributed by atoms with van der Waals surface area (Å²) >= 11 is 5.83. The van der Waals surface area contributed by atoms with Crippen LogP contribution >= 0.6 is 11.6 Å². The monoisotopic (exact) mass is 342 g/mol. The molecule has 2 amide bonds. The Morgan fingerprint density at radius 1 is 1.17 bits per heavy atom. The Balaban J connectivity index is 1.48. The molecule has 0 saturated carbocycles. The number of benzene rings is 2. The highest BCUT2D eigenvalue weighted by molar-refractivity contribution is 6.30. The van der Waals surface area contributed by atoms with Gasteiger partial charge in [0.05, 0.1) is 0 Å². The lowest BCUT2D eigenvalue weighted by Crippen LogP contribution is -2.31. The molecule has 2 N–H and O–H groups in total. The Hall–Kier alpha value is -2.33. The van der Waals surface area contributed by atoms with Crippen LogP contribution in [0, 0.1) is 5.92 Å². The van der Waals surface area contributed by atoms with E-state index in [2.05, 4.69) is 10.6 Å². The maximum absolute atomic E-state index is 12.1. The zero-order valence-corrected chi connectivity index (χ0v) is 14.0. The van der Waals surface area contributed by atoms with Gasteiger partial charge in [-0.15, -0.1) is 0 Å². The largest absolute Gasteiger partial charge is 0.352 e.